The van der Waals surface area contributed by atoms with Gasteiger partial charge in [0.15, 0.2) is 0 Å². The first-order valence-electron chi connectivity index (χ1n) is 5.55. The van der Waals surface area contributed by atoms with Crippen LogP contribution in [0, 0.1) is 0 Å². The number of carbonyl (C=O) groups excluding carboxylic acids is 1. The van der Waals surface area contributed by atoms with Crippen molar-refractivity contribution < 1.29 is 24.0 Å². The van der Waals surface area contributed by atoms with Gasteiger partial charge in [0.25, 0.3) is 6.47 Å². The third-order valence-electron chi connectivity index (χ3n) is 1.92. The van der Waals surface area contributed by atoms with E-state index in [4.69, 9.17) is 14.5 Å². The van der Waals surface area contributed by atoms with Gasteiger partial charge in [0.05, 0.1) is 13.2 Å². The van der Waals surface area contributed by atoms with Crippen molar-refractivity contribution in [3.63, 3.8) is 0 Å². The second-order valence-electron chi connectivity index (χ2n) is 3.28. The fraction of sp³-hybridized carbons (Fsp3) is 0.308. The minimum absolute atomic E-state index is 0.374. The molecule has 0 aliphatic heterocycles. The second kappa shape index (κ2) is 9.21. The Hall–Kier alpha value is -1.85. The van der Waals surface area contributed by atoms with E-state index in [1.165, 1.54) is 0 Å². The number of benzene rings is 1. The normalized spacial score (nSPS) is 9.78. The number of carbonyl (C=O) groups is 1. The van der Waals surface area contributed by atoms with Gasteiger partial charge in [-0.2, -0.15) is 0 Å². The van der Waals surface area contributed by atoms with Crippen LogP contribution in [-0.4, -0.2) is 26.3 Å². The van der Waals surface area contributed by atoms with E-state index in [1.807, 2.05) is 0 Å². The predicted molar refractivity (Wildman–Crippen MR) is 65.3 cm³/mol. The molecule has 98 valence electrons. The summed E-state index contributed by atoms with van der Waals surface area (Å²) in [5.74, 6) is 1.19. The van der Waals surface area contributed by atoms with E-state index in [1.54, 1.807) is 30.3 Å². The molecule has 1 aromatic carbocycles. The van der Waals surface area contributed by atoms with Crippen molar-refractivity contribution in [2.24, 2.45) is 0 Å². The van der Waals surface area contributed by atoms with E-state index in [0.717, 1.165) is 0 Å². The van der Waals surface area contributed by atoms with E-state index in [2.05, 4.69) is 11.3 Å². The molecule has 0 N–H and O–H groups in total. The van der Waals surface area contributed by atoms with Crippen LogP contribution in [0.1, 0.15) is 6.42 Å². The van der Waals surface area contributed by atoms with Crippen molar-refractivity contribution in [3.05, 3.63) is 36.9 Å². The van der Waals surface area contributed by atoms with Crippen molar-refractivity contribution in [2.45, 2.75) is 6.42 Å². The van der Waals surface area contributed by atoms with Crippen molar-refractivity contribution in [3.8, 4) is 11.5 Å². The lowest BCUT2D eigenvalue weighted by atomic mass is 10.3. The number of hydrogen-bond donors (Lipinski definition) is 0. The molecular formula is C13H16O5. The lowest BCUT2D eigenvalue weighted by Crippen LogP contribution is -2.03. The average Bonchev–Trinajstić information content (AvgIpc) is 2.40. The second-order valence-corrected chi connectivity index (χ2v) is 3.28. The molecule has 0 amide bonds. The Bertz CT molecular complexity index is 347. The minimum Gasteiger partial charge on any atom is -0.494 e. The largest absolute Gasteiger partial charge is 0.494 e. The van der Waals surface area contributed by atoms with Crippen molar-refractivity contribution in [1.82, 2.24) is 0 Å². The lowest BCUT2D eigenvalue weighted by molar-refractivity contribution is -0.287. The summed E-state index contributed by atoms with van der Waals surface area (Å²) in [5, 5.41) is 0. The summed E-state index contributed by atoms with van der Waals surface area (Å²) >= 11 is 0. The zero-order valence-corrected chi connectivity index (χ0v) is 10.0. The molecule has 0 unspecified atom stereocenters. The highest BCUT2D eigenvalue weighted by Gasteiger charge is 1.96. The molecule has 0 heterocycles. The Kier molecular flexibility index (Phi) is 7.27. The van der Waals surface area contributed by atoms with Crippen LogP contribution in [0.4, 0.5) is 0 Å². The van der Waals surface area contributed by atoms with Crippen molar-refractivity contribution in [1.29, 1.82) is 0 Å². The first-order chi connectivity index (χ1) is 8.86. The van der Waals surface area contributed by atoms with Crippen LogP contribution in [0.3, 0.4) is 0 Å². The van der Waals surface area contributed by atoms with Gasteiger partial charge in [-0.25, -0.2) is 9.78 Å². The summed E-state index contributed by atoms with van der Waals surface area (Å²) < 4.78 is 10.1. The highest BCUT2D eigenvalue weighted by atomic mass is 17.2. The predicted octanol–water partition coefficient (Wildman–Crippen LogP) is 2.12. The molecule has 0 aliphatic rings. The van der Waals surface area contributed by atoms with Gasteiger partial charge in [-0.1, -0.05) is 6.08 Å². The molecule has 18 heavy (non-hydrogen) atoms. The summed E-state index contributed by atoms with van der Waals surface area (Å²) in [6.45, 7) is 5.23. The molecule has 0 aliphatic carbocycles. The molecule has 1 aromatic rings. The molecule has 0 aromatic heterocycles. The fourth-order valence-corrected chi connectivity index (χ4v) is 1.13. The van der Waals surface area contributed by atoms with E-state index in [-0.39, 0.29) is 0 Å². The third kappa shape index (κ3) is 6.03. The molecule has 0 bridgehead atoms. The monoisotopic (exact) mass is 252 g/mol. The summed E-state index contributed by atoms with van der Waals surface area (Å²) in [4.78, 5) is 19.7. The standard InChI is InChI=1S/C13H16O5/c1-2-8-17-18-10-3-9-15-12-4-6-13(7-5-12)16-11-14/h2,4-7,11H,1,3,8-10H2. The van der Waals surface area contributed by atoms with Crippen molar-refractivity contribution >= 4 is 6.47 Å². The van der Waals surface area contributed by atoms with Crippen LogP contribution in [-0.2, 0) is 14.6 Å². The molecular weight excluding hydrogens is 236 g/mol. The highest BCUT2D eigenvalue weighted by molar-refractivity contribution is 5.45. The molecule has 0 atom stereocenters. The van der Waals surface area contributed by atoms with Crippen LogP contribution in [0.5, 0.6) is 11.5 Å². The zero-order chi connectivity index (χ0) is 13.1. The molecule has 0 saturated carbocycles. The third-order valence-corrected chi connectivity index (χ3v) is 1.92. The van der Waals surface area contributed by atoms with Crippen LogP contribution < -0.4 is 9.47 Å². The highest BCUT2D eigenvalue weighted by Crippen LogP contribution is 2.17. The maximum absolute atomic E-state index is 10.1. The van der Waals surface area contributed by atoms with Gasteiger partial charge in [-0.05, 0) is 24.3 Å². The fourth-order valence-electron chi connectivity index (χ4n) is 1.13. The molecule has 1 rings (SSSR count). The number of ether oxygens (including phenoxy) is 2. The summed E-state index contributed by atoms with van der Waals surface area (Å²) in [6, 6.07) is 6.78. The van der Waals surface area contributed by atoms with E-state index < -0.39 is 0 Å². The summed E-state index contributed by atoms with van der Waals surface area (Å²) in [7, 11) is 0. The van der Waals surface area contributed by atoms with E-state index in [0.29, 0.717) is 44.2 Å². The number of rotatable bonds is 10. The van der Waals surface area contributed by atoms with Gasteiger partial charge in [-0.3, -0.25) is 4.79 Å². The Morgan fingerprint density at radius 1 is 1.06 bits per heavy atom. The van der Waals surface area contributed by atoms with Gasteiger partial charge >= 0.3 is 0 Å². The maximum atomic E-state index is 10.1. The first-order valence-corrected chi connectivity index (χ1v) is 5.55. The maximum Gasteiger partial charge on any atom is 0.298 e. The van der Waals surface area contributed by atoms with Gasteiger partial charge < -0.3 is 9.47 Å². The average molecular weight is 252 g/mol. The van der Waals surface area contributed by atoms with Crippen LogP contribution in [0.25, 0.3) is 0 Å². The van der Waals surface area contributed by atoms with Gasteiger partial charge in [0, 0.05) is 6.42 Å². The van der Waals surface area contributed by atoms with Crippen LogP contribution in [0.15, 0.2) is 36.9 Å². The molecule has 0 spiro atoms. The molecule has 5 nitrogen and oxygen atoms in total. The van der Waals surface area contributed by atoms with Gasteiger partial charge in [0.1, 0.15) is 18.1 Å². The Morgan fingerprint density at radius 3 is 2.44 bits per heavy atom. The van der Waals surface area contributed by atoms with Crippen LogP contribution in [0.2, 0.25) is 0 Å². The molecule has 0 saturated heterocycles. The summed E-state index contributed by atoms with van der Waals surface area (Å²) in [6.07, 6.45) is 2.32. The molecule has 0 fully saturated rings. The smallest absolute Gasteiger partial charge is 0.298 e. The van der Waals surface area contributed by atoms with Gasteiger partial charge in [-0.15, -0.1) is 6.58 Å². The topological polar surface area (TPSA) is 54.0 Å². The zero-order valence-electron chi connectivity index (χ0n) is 10.0. The quantitative estimate of drug-likeness (QED) is 0.210. The number of hydrogen-bond acceptors (Lipinski definition) is 5. The summed E-state index contributed by atoms with van der Waals surface area (Å²) in [5.41, 5.74) is 0. The molecule has 5 heteroatoms. The lowest BCUT2D eigenvalue weighted by Gasteiger charge is -2.06. The SMILES string of the molecule is C=CCOOCCCOc1ccc(OC=O)cc1. The van der Waals surface area contributed by atoms with E-state index >= 15 is 0 Å². The Morgan fingerprint density at radius 2 is 1.78 bits per heavy atom. The Labute approximate surface area is 106 Å². The minimum atomic E-state index is 0.374. The van der Waals surface area contributed by atoms with Crippen molar-refractivity contribution in [2.75, 3.05) is 19.8 Å². The van der Waals surface area contributed by atoms with Crippen LogP contribution >= 0.6 is 0 Å². The van der Waals surface area contributed by atoms with Gasteiger partial charge in [0.2, 0.25) is 0 Å². The molecule has 0 radical (unpaired) electrons. The van der Waals surface area contributed by atoms with E-state index in [9.17, 15) is 4.79 Å². The Balaban J connectivity index is 2.11. The first kappa shape index (κ1) is 14.2.